The molecule has 0 saturated heterocycles. The van der Waals surface area contributed by atoms with E-state index < -0.39 is 0 Å². The van der Waals surface area contributed by atoms with E-state index in [0.29, 0.717) is 15.7 Å². The molecule has 4 rings (SSSR count). The lowest BCUT2D eigenvalue weighted by Gasteiger charge is -2.05. The molecule has 2 heterocycles. The average molecular weight is 395 g/mol. The number of rotatable bonds is 2. The van der Waals surface area contributed by atoms with E-state index in [4.69, 9.17) is 5.73 Å². The Kier molecular flexibility index (Phi) is 3.60. The van der Waals surface area contributed by atoms with Gasteiger partial charge in [0.15, 0.2) is 0 Å². The van der Waals surface area contributed by atoms with Crippen LogP contribution in [0, 0.1) is 11.3 Å². The van der Waals surface area contributed by atoms with Crippen molar-refractivity contribution >= 4 is 43.3 Å². The second-order valence-corrected chi connectivity index (χ2v) is 7.24. The van der Waals surface area contributed by atoms with Crippen LogP contribution >= 0.6 is 27.3 Å². The molecule has 0 aliphatic rings. The summed E-state index contributed by atoms with van der Waals surface area (Å²) in [4.78, 5) is 8.54. The Balaban J connectivity index is 2.02. The highest BCUT2D eigenvalue weighted by Gasteiger charge is 2.22. The largest absolute Gasteiger partial charge is 0.390 e. The number of nitrogens with two attached hydrogens (primary N) is 1. The van der Waals surface area contributed by atoms with Crippen molar-refractivity contribution in [2.45, 2.75) is 0 Å². The SMILES string of the molecule is N#Cc1sc(N)c(-c2nc3ccccc3[nH]2)c1-c1cccc(Br)c1. The molecule has 0 unspecified atom stereocenters. The second kappa shape index (κ2) is 5.78. The quantitative estimate of drug-likeness (QED) is 0.491. The van der Waals surface area contributed by atoms with E-state index in [1.54, 1.807) is 0 Å². The minimum Gasteiger partial charge on any atom is -0.390 e. The number of hydrogen-bond donors (Lipinski definition) is 2. The number of nitrogens with zero attached hydrogens (tertiary/aromatic N) is 2. The lowest BCUT2D eigenvalue weighted by Crippen LogP contribution is -1.89. The fourth-order valence-electron chi connectivity index (χ4n) is 2.75. The summed E-state index contributed by atoms with van der Waals surface area (Å²) in [6.07, 6.45) is 0. The molecule has 0 atom stereocenters. The summed E-state index contributed by atoms with van der Waals surface area (Å²) in [6.45, 7) is 0. The van der Waals surface area contributed by atoms with Crippen LogP contribution in [-0.4, -0.2) is 9.97 Å². The van der Waals surface area contributed by atoms with Crippen LogP contribution in [0.1, 0.15) is 4.88 Å². The van der Waals surface area contributed by atoms with Crippen LogP contribution < -0.4 is 5.73 Å². The lowest BCUT2D eigenvalue weighted by molar-refractivity contribution is 1.34. The van der Waals surface area contributed by atoms with E-state index in [1.165, 1.54) is 11.3 Å². The fourth-order valence-corrected chi connectivity index (χ4v) is 4.04. The maximum Gasteiger partial charge on any atom is 0.142 e. The van der Waals surface area contributed by atoms with Gasteiger partial charge in [-0.15, -0.1) is 11.3 Å². The number of nitrogens with one attached hydrogen (secondary N) is 1. The number of imidazole rings is 1. The topological polar surface area (TPSA) is 78.5 Å². The predicted octanol–water partition coefficient (Wildman–Crippen LogP) is 5.17. The fraction of sp³-hybridized carbons (Fsp3) is 0. The number of halogens is 1. The van der Waals surface area contributed by atoms with Crippen molar-refractivity contribution in [1.82, 2.24) is 9.97 Å². The molecule has 0 amide bonds. The van der Waals surface area contributed by atoms with Crippen LogP contribution in [0.4, 0.5) is 5.00 Å². The number of nitrogen functional groups attached to an aromatic ring is 1. The van der Waals surface area contributed by atoms with Crippen molar-refractivity contribution in [1.29, 1.82) is 5.26 Å². The maximum atomic E-state index is 9.54. The monoisotopic (exact) mass is 394 g/mol. The number of para-hydroxylation sites is 2. The molecule has 0 radical (unpaired) electrons. The van der Waals surface area contributed by atoms with Crippen molar-refractivity contribution in [3.8, 4) is 28.6 Å². The van der Waals surface area contributed by atoms with Gasteiger partial charge in [0.05, 0.1) is 21.6 Å². The highest BCUT2D eigenvalue weighted by molar-refractivity contribution is 9.10. The van der Waals surface area contributed by atoms with Crippen molar-refractivity contribution in [2.75, 3.05) is 5.73 Å². The van der Waals surface area contributed by atoms with Crippen molar-refractivity contribution in [3.05, 3.63) is 57.9 Å². The number of benzene rings is 2. The summed E-state index contributed by atoms with van der Waals surface area (Å²) in [5.74, 6) is 0.682. The van der Waals surface area contributed by atoms with Gasteiger partial charge in [-0.05, 0) is 29.8 Å². The Morgan fingerprint density at radius 1 is 1.12 bits per heavy atom. The summed E-state index contributed by atoms with van der Waals surface area (Å²) in [5, 5.41) is 10.1. The van der Waals surface area contributed by atoms with E-state index >= 15 is 0 Å². The van der Waals surface area contributed by atoms with Crippen molar-refractivity contribution in [3.63, 3.8) is 0 Å². The second-order valence-electron chi connectivity index (χ2n) is 5.27. The van der Waals surface area contributed by atoms with Gasteiger partial charge in [-0.2, -0.15) is 5.26 Å². The van der Waals surface area contributed by atoms with E-state index in [1.807, 2.05) is 48.5 Å². The first-order chi connectivity index (χ1) is 11.7. The van der Waals surface area contributed by atoms with Crippen LogP contribution in [0.15, 0.2) is 53.0 Å². The molecule has 4 nitrogen and oxygen atoms in total. The van der Waals surface area contributed by atoms with Crippen molar-refractivity contribution in [2.24, 2.45) is 0 Å². The number of H-pyrrole nitrogens is 1. The summed E-state index contributed by atoms with van der Waals surface area (Å²) < 4.78 is 0.948. The lowest BCUT2D eigenvalue weighted by atomic mass is 10.0. The van der Waals surface area contributed by atoms with Gasteiger partial charge in [0.2, 0.25) is 0 Å². The van der Waals surface area contributed by atoms with E-state index in [-0.39, 0.29) is 0 Å². The van der Waals surface area contributed by atoms with Gasteiger partial charge < -0.3 is 10.7 Å². The zero-order valence-electron chi connectivity index (χ0n) is 12.4. The Bertz CT molecular complexity index is 1070. The number of fused-ring (bicyclic) bond motifs is 1. The summed E-state index contributed by atoms with van der Waals surface area (Å²) >= 11 is 4.78. The molecular weight excluding hydrogens is 384 g/mol. The molecule has 0 aliphatic heterocycles. The number of anilines is 1. The van der Waals surface area contributed by atoms with Gasteiger partial charge >= 0.3 is 0 Å². The minimum atomic E-state index is 0.584. The molecule has 0 aliphatic carbocycles. The van der Waals surface area contributed by atoms with E-state index in [2.05, 4.69) is 32.0 Å². The molecular formula is C18H11BrN4S. The van der Waals surface area contributed by atoms with Crippen LogP contribution in [0.2, 0.25) is 0 Å². The normalized spacial score (nSPS) is 10.8. The van der Waals surface area contributed by atoms with Gasteiger partial charge in [-0.3, -0.25) is 0 Å². The molecule has 0 saturated carbocycles. The standard InChI is InChI=1S/C18H11BrN4S/c19-11-5-3-4-10(8-11)15-14(9-20)24-17(21)16(15)18-22-12-6-1-2-7-13(12)23-18/h1-8H,21H2,(H,22,23). The third kappa shape index (κ3) is 2.39. The van der Waals surface area contributed by atoms with Gasteiger partial charge in [-0.25, -0.2) is 4.98 Å². The highest BCUT2D eigenvalue weighted by Crippen LogP contribution is 2.44. The van der Waals surface area contributed by atoms with Gasteiger partial charge in [0, 0.05) is 10.0 Å². The molecule has 2 aromatic heterocycles. The molecule has 6 heteroatoms. The number of aromatic amines is 1. The van der Waals surface area contributed by atoms with E-state index in [0.717, 1.165) is 32.2 Å². The zero-order valence-corrected chi connectivity index (χ0v) is 14.8. The van der Waals surface area contributed by atoms with E-state index in [9.17, 15) is 5.26 Å². The first-order valence-electron chi connectivity index (χ1n) is 7.21. The molecule has 2 aromatic carbocycles. The molecule has 24 heavy (non-hydrogen) atoms. The first kappa shape index (κ1) is 14.9. The molecule has 4 aromatic rings. The number of aromatic nitrogens is 2. The molecule has 0 spiro atoms. The minimum absolute atomic E-state index is 0.584. The van der Waals surface area contributed by atoms with Crippen molar-refractivity contribution < 1.29 is 0 Å². The third-order valence-electron chi connectivity index (χ3n) is 3.78. The first-order valence-corrected chi connectivity index (χ1v) is 8.81. The smallest absolute Gasteiger partial charge is 0.142 e. The Hall–Kier alpha value is -2.62. The zero-order chi connectivity index (χ0) is 16.7. The molecule has 116 valence electrons. The van der Waals surface area contributed by atoms with Crippen LogP contribution in [0.5, 0.6) is 0 Å². The van der Waals surface area contributed by atoms with Gasteiger partial charge in [-0.1, -0.05) is 40.2 Å². The molecule has 0 fully saturated rings. The Morgan fingerprint density at radius 2 is 1.96 bits per heavy atom. The highest BCUT2D eigenvalue weighted by atomic mass is 79.9. The van der Waals surface area contributed by atoms with Crippen LogP contribution in [-0.2, 0) is 0 Å². The molecule has 0 bridgehead atoms. The van der Waals surface area contributed by atoms with Crippen LogP contribution in [0.25, 0.3) is 33.5 Å². The summed E-state index contributed by atoms with van der Waals surface area (Å²) in [6, 6.07) is 17.9. The summed E-state index contributed by atoms with van der Waals surface area (Å²) in [5.41, 5.74) is 10.6. The Labute approximate surface area is 150 Å². The van der Waals surface area contributed by atoms with Crippen LogP contribution in [0.3, 0.4) is 0 Å². The summed E-state index contributed by atoms with van der Waals surface area (Å²) in [7, 11) is 0. The Morgan fingerprint density at radius 3 is 2.71 bits per heavy atom. The average Bonchev–Trinajstić information content (AvgIpc) is 3.14. The van der Waals surface area contributed by atoms with Gasteiger partial charge in [0.1, 0.15) is 16.8 Å². The molecule has 3 N–H and O–H groups in total. The number of nitriles is 1. The van der Waals surface area contributed by atoms with Gasteiger partial charge in [0.25, 0.3) is 0 Å². The maximum absolute atomic E-state index is 9.54. The third-order valence-corrected chi connectivity index (χ3v) is 5.19. The number of hydrogen-bond acceptors (Lipinski definition) is 4. The number of thiophene rings is 1. The predicted molar refractivity (Wildman–Crippen MR) is 102 cm³/mol.